The number of hydrogen-bond acceptors (Lipinski definition) is 2. The number of nitrogens with zero attached hydrogens (tertiary/aromatic N) is 2. The molecular weight excluding hydrogens is 188 g/mol. The molecule has 0 N–H and O–H groups in total. The van der Waals surface area contributed by atoms with Gasteiger partial charge in [0.25, 0.3) is 0 Å². The lowest BCUT2D eigenvalue weighted by molar-refractivity contribution is -0.121. The number of Topliss-reactive ketones (excluding diaryl/α,β-unsaturated/α-hetero) is 1. The van der Waals surface area contributed by atoms with E-state index in [0.717, 1.165) is 24.9 Å². The third-order valence-electron chi connectivity index (χ3n) is 2.66. The van der Waals surface area contributed by atoms with Gasteiger partial charge in [0.05, 0.1) is 6.20 Å². The van der Waals surface area contributed by atoms with Crippen LogP contribution in [0.1, 0.15) is 39.2 Å². The molecule has 0 aliphatic carbocycles. The van der Waals surface area contributed by atoms with E-state index in [4.69, 9.17) is 0 Å². The first kappa shape index (κ1) is 12.0. The van der Waals surface area contributed by atoms with Crippen molar-refractivity contribution in [1.82, 2.24) is 9.78 Å². The molecule has 0 saturated heterocycles. The van der Waals surface area contributed by atoms with Crippen LogP contribution in [-0.2, 0) is 17.8 Å². The van der Waals surface area contributed by atoms with Crippen LogP contribution in [0.15, 0.2) is 12.4 Å². The van der Waals surface area contributed by atoms with Crippen molar-refractivity contribution < 1.29 is 4.79 Å². The maximum atomic E-state index is 11.8. The van der Waals surface area contributed by atoms with Crippen molar-refractivity contribution in [2.24, 2.45) is 5.92 Å². The molecule has 1 heterocycles. The van der Waals surface area contributed by atoms with Crippen LogP contribution >= 0.6 is 0 Å². The predicted molar refractivity (Wildman–Crippen MR) is 60.7 cm³/mol. The van der Waals surface area contributed by atoms with E-state index in [-0.39, 0.29) is 5.92 Å². The highest BCUT2D eigenvalue weighted by molar-refractivity contribution is 5.82. The van der Waals surface area contributed by atoms with E-state index in [1.54, 1.807) is 6.20 Å². The molecule has 1 aromatic heterocycles. The Morgan fingerprint density at radius 3 is 2.80 bits per heavy atom. The Balaban J connectivity index is 2.50. The molecule has 0 radical (unpaired) electrons. The summed E-state index contributed by atoms with van der Waals surface area (Å²) >= 11 is 0. The third kappa shape index (κ3) is 3.50. The lowest BCUT2D eigenvalue weighted by atomic mass is 9.97. The standard InChI is InChI=1S/C12H20N2O/c1-4-6-10(3)12(15)7-11-8-13-14(5-2)9-11/h8-10H,4-7H2,1-3H3. The van der Waals surface area contributed by atoms with E-state index in [9.17, 15) is 4.79 Å². The summed E-state index contributed by atoms with van der Waals surface area (Å²) < 4.78 is 1.85. The van der Waals surface area contributed by atoms with E-state index in [0.29, 0.717) is 12.2 Å². The second kappa shape index (κ2) is 5.69. The minimum Gasteiger partial charge on any atom is -0.299 e. The fourth-order valence-corrected chi connectivity index (χ4v) is 1.64. The SMILES string of the molecule is CCCC(C)C(=O)Cc1cnn(CC)c1. The van der Waals surface area contributed by atoms with Crippen LogP contribution in [0.3, 0.4) is 0 Å². The van der Waals surface area contributed by atoms with Crippen LogP contribution in [0.2, 0.25) is 0 Å². The zero-order valence-electron chi connectivity index (χ0n) is 9.86. The van der Waals surface area contributed by atoms with Gasteiger partial charge in [0.2, 0.25) is 0 Å². The van der Waals surface area contributed by atoms with Gasteiger partial charge in [-0.1, -0.05) is 20.3 Å². The first-order valence-corrected chi connectivity index (χ1v) is 5.71. The number of aromatic nitrogens is 2. The molecular formula is C12H20N2O. The molecule has 0 spiro atoms. The molecule has 0 saturated carbocycles. The topological polar surface area (TPSA) is 34.9 Å². The summed E-state index contributed by atoms with van der Waals surface area (Å²) in [4.78, 5) is 11.8. The molecule has 1 aromatic rings. The first-order chi connectivity index (χ1) is 7.17. The Morgan fingerprint density at radius 1 is 1.53 bits per heavy atom. The van der Waals surface area contributed by atoms with Crippen molar-refractivity contribution >= 4 is 5.78 Å². The van der Waals surface area contributed by atoms with Gasteiger partial charge in [-0.25, -0.2) is 0 Å². The van der Waals surface area contributed by atoms with Crippen LogP contribution in [0, 0.1) is 5.92 Å². The maximum absolute atomic E-state index is 11.8. The zero-order chi connectivity index (χ0) is 11.3. The minimum absolute atomic E-state index is 0.181. The van der Waals surface area contributed by atoms with Crippen molar-refractivity contribution in [3.63, 3.8) is 0 Å². The molecule has 0 aliphatic rings. The molecule has 1 unspecified atom stereocenters. The maximum Gasteiger partial charge on any atom is 0.140 e. The molecule has 0 amide bonds. The number of carbonyl (C=O) groups is 1. The number of hydrogen-bond donors (Lipinski definition) is 0. The van der Waals surface area contributed by atoms with Gasteiger partial charge < -0.3 is 0 Å². The largest absolute Gasteiger partial charge is 0.299 e. The van der Waals surface area contributed by atoms with Crippen molar-refractivity contribution in [2.75, 3.05) is 0 Å². The highest BCUT2D eigenvalue weighted by Crippen LogP contribution is 2.10. The monoisotopic (exact) mass is 208 g/mol. The fraction of sp³-hybridized carbons (Fsp3) is 0.667. The van der Waals surface area contributed by atoms with Crippen LogP contribution < -0.4 is 0 Å². The van der Waals surface area contributed by atoms with E-state index >= 15 is 0 Å². The van der Waals surface area contributed by atoms with Gasteiger partial charge >= 0.3 is 0 Å². The molecule has 1 rings (SSSR count). The van der Waals surface area contributed by atoms with Crippen molar-refractivity contribution in [2.45, 2.75) is 46.6 Å². The summed E-state index contributed by atoms with van der Waals surface area (Å²) in [6.45, 7) is 7.02. The van der Waals surface area contributed by atoms with Crippen molar-refractivity contribution in [3.05, 3.63) is 18.0 Å². The average Bonchev–Trinajstić information content (AvgIpc) is 2.66. The molecule has 15 heavy (non-hydrogen) atoms. The van der Waals surface area contributed by atoms with Crippen LogP contribution in [0.4, 0.5) is 0 Å². The lowest BCUT2D eigenvalue weighted by Gasteiger charge is -2.07. The van der Waals surface area contributed by atoms with E-state index in [2.05, 4.69) is 12.0 Å². The summed E-state index contributed by atoms with van der Waals surface area (Å²) in [5.74, 6) is 0.507. The molecule has 0 fully saturated rings. The van der Waals surface area contributed by atoms with Crippen molar-refractivity contribution in [3.8, 4) is 0 Å². The minimum atomic E-state index is 0.181. The van der Waals surface area contributed by atoms with E-state index < -0.39 is 0 Å². The predicted octanol–water partition coefficient (Wildman–Crippen LogP) is 2.45. The van der Waals surface area contributed by atoms with Gasteiger partial charge in [0, 0.05) is 25.1 Å². The highest BCUT2D eigenvalue weighted by Gasteiger charge is 2.13. The van der Waals surface area contributed by atoms with Crippen LogP contribution in [-0.4, -0.2) is 15.6 Å². The van der Waals surface area contributed by atoms with Gasteiger partial charge in [-0.05, 0) is 18.9 Å². The van der Waals surface area contributed by atoms with E-state index in [1.165, 1.54) is 0 Å². The summed E-state index contributed by atoms with van der Waals surface area (Å²) in [7, 11) is 0. The van der Waals surface area contributed by atoms with Gasteiger partial charge in [-0.15, -0.1) is 0 Å². The fourth-order valence-electron chi connectivity index (χ4n) is 1.64. The number of aryl methyl sites for hydroxylation is 1. The molecule has 0 bridgehead atoms. The average molecular weight is 208 g/mol. The molecule has 0 aliphatic heterocycles. The number of ketones is 1. The second-order valence-electron chi connectivity index (χ2n) is 4.04. The Kier molecular flexibility index (Phi) is 4.53. The molecule has 0 aromatic carbocycles. The highest BCUT2D eigenvalue weighted by atomic mass is 16.1. The Bertz CT molecular complexity index is 317. The van der Waals surface area contributed by atoms with Gasteiger partial charge in [-0.2, -0.15) is 5.10 Å². The number of rotatable bonds is 6. The van der Waals surface area contributed by atoms with Gasteiger partial charge in [0.1, 0.15) is 5.78 Å². The van der Waals surface area contributed by atoms with Gasteiger partial charge in [-0.3, -0.25) is 9.48 Å². The quantitative estimate of drug-likeness (QED) is 0.719. The normalized spacial score (nSPS) is 12.7. The smallest absolute Gasteiger partial charge is 0.140 e. The number of carbonyl (C=O) groups excluding carboxylic acids is 1. The molecule has 1 atom stereocenters. The zero-order valence-corrected chi connectivity index (χ0v) is 9.86. The summed E-state index contributed by atoms with van der Waals surface area (Å²) in [5, 5.41) is 4.16. The first-order valence-electron chi connectivity index (χ1n) is 5.71. The molecule has 84 valence electrons. The van der Waals surface area contributed by atoms with Crippen LogP contribution in [0.25, 0.3) is 0 Å². The second-order valence-corrected chi connectivity index (χ2v) is 4.04. The molecule has 3 nitrogen and oxygen atoms in total. The summed E-state index contributed by atoms with van der Waals surface area (Å²) in [6.07, 6.45) is 6.33. The Morgan fingerprint density at radius 2 is 2.27 bits per heavy atom. The van der Waals surface area contributed by atoms with Crippen LogP contribution in [0.5, 0.6) is 0 Å². The van der Waals surface area contributed by atoms with Crippen molar-refractivity contribution in [1.29, 1.82) is 0 Å². The Hall–Kier alpha value is -1.12. The Labute approximate surface area is 91.5 Å². The summed E-state index contributed by atoms with van der Waals surface area (Å²) in [5.41, 5.74) is 1.03. The third-order valence-corrected chi connectivity index (χ3v) is 2.66. The summed E-state index contributed by atoms with van der Waals surface area (Å²) in [6, 6.07) is 0. The van der Waals surface area contributed by atoms with Gasteiger partial charge in [0.15, 0.2) is 0 Å². The van der Waals surface area contributed by atoms with E-state index in [1.807, 2.05) is 24.7 Å². The molecule has 3 heteroatoms. The lowest BCUT2D eigenvalue weighted by Crippen LogP contribution is -2.13.